The van der Waals surface area contributed by atoms with E-state index in [2.05, 4.69) is 10.9 Å². The minimum Gasteiger partial charge on any atom is -0.272 e. The number of amides is 2. The number of rotatable bonds is 5. The molecule has 0 fully saturated rings. The molecule has 10 heteroatoms. The minimum absolute atomic E-state index is 0.0917. The molecule has 0 saturated carbocycles. The number of carbonyl (C=O) groups is 2. The third-order valence-corrected chi connectivity index (χ3v) is 4.93. The van der Waals surface area contributed by atoms with E-state index < -0.39 is 27.7 Å². The van der Waals surface area contributed by atoms with Gasteiger partial charge >= 0.3 is 0 Å². The van der Waals surface area contributed by atoms with Gasteiger partial charge in [0, 0.05) is 10.5 Å². The Hall–Kier alpha value is -2.43. The quantitative estimate of drug-likeness (QED) is 0.526. The van der Waals surface area contributed by atoms with Gasteiger partial charge in [0.25, 0.3) is 5.91 Å². The van der Waals surface area contributed by atoms with Gasteiger partial charge in [0.05, 0.1) is 10.6 Å². The van der Waals surface area contributed by atoms with E-state index in [0.717, 1.165) is 11.8 Å². The lowest BCUT2D eigenvalue weighted by Gasteiger charge is -2.08. The van der Waals surface area contributed by atoms with Crippen molar-refractivity contribution in [3.05, 3.63) is 59.9 Å². The predicted molar refractivity (Wildman–Crippen MR) is 90.5 cm³/mol. The Balaban J connectivity index is 1.85. The van der Waals surface area contributed by atoms with Crippen LogP contribution in [-0.2, 0) is 14.8 Å². The van der Waals surface area contributed by atoms with E-state index in [9.17, 15) is 22.4 Å². The van der Waals surface area contributed by atoms with Crippen LogP contribution < -0.4 is 16.0 Å². The molecular formula is C15H14FN3O4S2. The molecule has 0 aliphatic heterocycles. The van der Waals surface area contributed by atoms with Gasteiger partial charge in [0.2, 0.25) is 15.9 Å². The molecule has 0 heterocycles. The number of nitrogens with one attached hydrogen (secondary N) is 2. The summed E-state index contributed by atoms with van der Waals surface area (Å²) in [5, 5.41) is 4.96. The van der Waals surface area contributed by atoms with Crippen LogP contribution in [0.4, 0.5) is 4.39 Å². The number of thioether (sulfide) groups is 1. The fourth-order valence-corrected chi connectivity index (χ4v) is 2.99. The van der Waals surface area contributed by atoms with Crippen molar-refractivity contribution in [2.75, 3.05) is 5.75 Å². The molecule has 25 heavy (non-hydrogen) atoms. The summed E-state index contributed by atoms with van der Waals surface area (Å²) in [6.45, 7) is 0. The van der Waals surface area contributed by atoms with Crippen LogP contribution in [0.25, 0.3) is 0 Å². The Morgan fingerprint density at radius 1 is 1.04 bits per heavy atom. The molecule has 2 amide bonds. The maximum absolute atomic E-state index is 13.4. The zero-order valence-electron chi connectivity index (χ0n) is 12.7. The van der Waals surface area contributed by atoms with Crippen LogP contribution in [0.2, 0.25) is 0 Å². The zero-order chi connectivity index (χ0) is 18.4. The number of hydrogen-bond donors (Lipinski definition) is 3. The Bertz CT molecular complexity index is 886. The summed E-state index contributed by atoms with van der Waals surface area (Å²) in [4.78, 5) is 23.7. The van der Waals surface area contributed by atoms with Crippen LogP contribution in [0.5, 0.6) is 0 Å². The van der Waals surface area contributed by atoms with E-state index in [1.165, 1.54) is 30.3 Å². The van der Waals surface area contributed by atoms with Gasteiger partial charge in [-0.2, -0.15) is 0 Å². The van der Waals surface area contributed by atoms with Crippen LogP contribution in [-0.4, -0.2) is 26.0 Å². The van der Waals surface area contributed by atoms with Gasteiger partial charge in [0.15, 0.2) is 0 Å². The number of halogens is 1. The predicted octanol–water partition coefficient (Wildman–Crippen LogP) is 1.03. The molecule has 2 aromatic carbocycles. The van der Waals surface area contributed by atoms with E-state index in [1.54, 1.807) is 18.2 Å². The van der Waals surface area contributed by atoms with Crippen molar-refractivity contribution in [2.24, 2.45) is 5.14 Å². The Morgan fingerprint density at radius 2 is 1.68 bits per heavy atom. The summed E-state index contributed by atoms with van der Waals surface area (Å²) in [5.74, 6) is -1.68. The Labute approximate surface area is 147 Å². The number of primary sulfonamides is 1. The van der Waals surface area contributed by atoms with Gasteiger partial charge in [-0.05, 0) is 36.4 Å². The molecule has 2 rings (SSSR count). The first-order chi connectivity index (χ1) is 11.8. The van der Waals surface area contributed by atoms with Gasteiger partial charge in [0.1, 0.15) is 5.82 Å². The third-order valence-electron chi connectivity index (χ3n) is 2.96. The second kappa shape index (κ2) is 8.10. The number of nitrogens with two attached hydrogens (primary N) is 1. The van der Waals surface area contributed by atoms with Gasteiger partial charge in [-0.3, -0.25) is 20.4 Å². The van der Waals surface area contributed by atoms with Crippen LogP contribution in [0.15, 0.2) is 58.3 Å². The number of hydrazine groups is 1. The van der Waals surface area contributed by atoms with Crippen molar-refractivity contribution in [2.45, 2.75) is 9.79 Å². The lowest BCUT2D eigenvalue weighted by atomic mass is 10.2. The second-order valence-electron chi connectivity index (χ2n) is 4.79. The number of carbonyl (C=O) groups excluding carboxylic acids is 2. The van der Waals surface area contributed by atoms with Gasteiger partial charge < -0.3 is 0 Å². The van der Waals surface area contributed by atoms with E-state index in [-0.39, 0.29) is 16.2 Å². The molecule has 0 radical (unpaired) electrons. The lowest BCUT2D eigenvalue weighted by Crippen LogP contribution is -2.42. The normalized spacial score (nSPS) is 11.0. The largest absolute Gasteiger partial charge is 0.272 e. The van der Waals surface area contributed by atoms with E-state index in [0.29, 0.717) is 4.90 Å². The lowest BCUT2D eigenvalue weighted by molar-refractivity contribution is -0.119. The summed E-state index contributed by atoms with van der Waals surface area (Å²) in [7, 11) is -3.84. The van der Waals surface area contributed by atoms with Gasteiger partial charge in [-0.25, -0.2) is 17.9 Å². The highest BCUT2D eigenvalue weighted by atomic mass is 32.2. The topological polar surface area (TPSA) is 118 Å². The highest BCUT2D eigenvalue weighted by molar-refractivity contribution is 8.00. The molecule has 0 aliphatic rings. The number of sulfonamides is 1. The van der Waals surface area contributed by atoms with Crippen molar-refractivity contribution in [3.63, 3.8) is 0 Å². The van der Waals surface area contributed by atoms with Crippen molar-refractivity contribution in [1.29, 1.82) is 0 Å². The highest BCUT2D eigenvalue weighted by Crippen LogP contribution is 2.20. The monoisotopic (exact) mass is 383 g/mol. The van der Waals surface area contributed by atoms with Crippen molar-refractivity contribution in [3.8, 4) is 0 Å². The zero-order valence-corrected chi connectivity index (χ0v) is 14.4. The van der Waals surface area contributed by atoms with E-state index >= 15 is 0 Å². The standard InChI is InChI=1S/C15H14FN3O4S2/c16-12-3-1-2-4-13(12)24-9-14(20)18-19-15(21)10-5-7-11(8-6-10)25(17,22)23/h1-8H,9H2,(H,18,20)(H,19,21)(H2,17,22,23). The summed E-state index contributed by atoms with van der Waals surface area (Å²) in [5.41, 5.74) is 4.51. The summed E-state index contributed by atoms with van der Waals surface area (Å²) >= 11 is 0.988. The van der Waals surface area contributed by atoms with Crippen LogP contribution >= 0.6 is 11.8 Å². The molecule has 0 aliphatic carbocycles. The molecular weight excluding hydrogens is 369 g/mol. The van der Waals surface area contributed by atoms with Crippen molar-refractivity contribution in [1.82, 2.24) is 10.9 Å². The van der Waals surface area contributed by atoms with Crippen LogP contribution in [0, 0.1) is 5.82 Å². The molecule has 2 aromatic rings. The summed E-state index contributed by atoms with van der Waals surface area (Å²) in [6.07, 6.45) is 0. The highest BCUT2D eigenvalue weighted by Gasteiger charge is 2.11. The fourth-order valence-electron chi connectivity index (χ4n) is 1.74. The van der Waals surface area contributed by atoms with Gasteiger partial charge in [-0.1, -0.05) is 12.1 Å². The molecule has 0 saturated heterocycles. The minimum atomic E-state index is -3.84. The van der Waals surface area contributed by atoms with Crippen molar-refractivity contribution >= 4 is 33.6 Å². The molecule has 4 N–H and O–H groups in total. The summed E-state index contributed by atoms with van der Waals surface area (Å²) < 4.78 is 35.7. The Morgan fingerprint density at radius 3 is 2.28 bits per heavy atom. The maximum atomic E-state index is 13.4. The number of benzene rings is 2. The van der Waals surface area contributed by atoms with Crippen LogP contribution in [0.3, 0.4) is 0 Å². The third kappa shape index (κ3) is 5.55. The first-order valence-electron chi connectivity index (χ1n) is 6.87. The van der Waals surface area contributed by atoms with Gasteiger partial charge in [-0.15, -0.1) is 11.8 Å². The molecule has 132 valence electrons. The molecule has 0 aromatic heterocycles. The molecule has 0 bridgehead atoms. The smallest absolute Gasteiger partial charge is 0.269 e. The van der Waals surface area contributed by atoms with Crippen LogP contribution in [0.1, 0.15) is 10.4 Å². The first kappa shape index (κ1) is 18.9. The average molecular weight is 383 g/mol. The van der Waals surface area contributed by atoms with E-state index in [4.69, 9.17) is 5.14 Å². The molecule has 0 spiro atoms. The van der Waals surface area contributed by atoms with E-state index in [1.807, 2.05) is 0 Å². The second-order valence-corrected chi connectivity index (χ2v) is 7.37. The number of hydrogen-bond acceptors (Lipinski definition) is 5. The molecule has 0 atom stereocenters. The SMILES string of the molecule is NS(=O)(=O)c1ccc(C(=O)NNC(=O)CSc2ccccc2F)cc1. The maximum Gasteiger partial charge on any atom is 0.269 e. The molecule has 7 nitrogen and oxygen atoms in total. The fraction of sp³-hybridized carbons (Fsp3) is 0.0667. The van der Waals surface area contributed by atoms with Crippen molar-refractivity contribution < 1.29 is 22.4 Å². The average Bonchev–Trinajstić information content (AvgIpc) is 2.58. The summed E-state index contributed by atoms with van der Waals surface area (Å²) in [6, 6.07) is 10.9. The molecule has 0 unspecified atom stereocenters. The Kier molecular flexibility index (Phi) is 6.12. The first-order valence-corrected chi connectivity index (χ1v) is 9.40.